The molecule has 0 spiro atoms. The second-order valence-electron chi connectivity index (χ2n) is 14.6. The van der Waals surface area contributed by atoms with Gasteiger partial charge in [0.1, 0.15) is 12.1 Å². The van der Waals surface area contributed by atoms with Crippen molar-refractivity contribution in [3.05, 3.63) is 0 Å². The Labute approximate surface area is 244 Å². The fourth-order valence-corrected chi connectivity index (χ4v) is 8.51. The molecule has 8 nitrogen and oxygen atoms in total. The van der Waals surface area contributed by atoms with E-state index in [1.807, 2.05) is 0 Å². The lowest BCUT2D eigenvalue weighted by Gasteiger charge is -2.62. The molecule has 3 N–H and O–H groups in total. The van der Waals surface area contributed by atoms with Crippen LogP contribution in [0.2, 0.25) is 0 Å². The normalized spacial score (nSPS) is 35.2. The van der Waals surface area contributed by atoms with Gasteiger partial charge in [0.15, 0.2) is 0 Å². The minimum Gasteiger partial charge on any atom is -0.394 e. The zero-order chi connectivity index (χ0) is 29.0. The summed E-state index contributed by atoms with van der Waals surface area (Å²) in [6.45, 7) is 13.6. The van der Waals surface area contributed by atoms with Gasteiger partial charge in [0, 0.05) is 38.1 Å². The third kappa shape index (κ3) is 7.41. The highest BCUT2D eigenvalue weighted by molar-refractivity contribution is 5.82. The summed E-state index contributed by atoms with van der Waals surface area (Å²) in [7, 11) is 4.28. The lowest BCUT2D eigenvalue weighted by molar-refractivity contribution is -0.178. The Morgan fingerprint density at radius 2 is 1.82 bits per heavy atom. The molecule has 4 aliphatic carbocycles. The van der Waals surface area contributed by atoms with Crippen molar-refractivity contribution in [2.75, 3.05) is 53.4 Å². The monoisotopic (exact) mass is 564 g/mol. The molecule has 0 unspecified atom stereocenters. The molecular weight excluding hydrogens is 504 g/mol. The smallest absolute Gasteiger partial charge is 0.240 e. The molecule has 1 saturated heterocycles. The van der Waals surface area contributed by atoms with Crippen LogP contribution in [0.3, 0.4) is 0 Å². The molecule has 0 aromatic rings. The van der Waals surface area contributed by atoms with E-state index >= 15 is 0 Å². The summed E-state index contributed by atoms with van der Waals surface area (Å²) in [6, 6.07) is -0.415. The van der Waals surface area contributed by atoms with Gasteiger partial charge in [-0.25, -0.2) is 0 Å². The number of carbonyl (C=O) groups is 1. The van der Waals surface area contributed by atoms with Crippen LogP contribution in [0.1, 0.15) is 85.5 Å². The maximum atomic E-state index is 13.8. The number of amides is 1. The van der Waals surface area contributed by atoms with E-state index in [0.29, 0.717) is 29.7 Å². The molecule has 5 aliphatic rings. The fraction of sp³-hybridized carbons (Fsp3) is 0.969. The zero-order valence-electron chi connectivity index (χ0n) is 26.4. The van der Waals surface area contributed by atoms with E-state index in [1.54, 1.807) is 12.0 Å². The number of likely N-dealkylation sites (N-methyl/N-ethyl adjacent to an activating group) is 1. The first-order valence-electron chi connectivity index (χ1n) is 16.4. The molecule has 1 amide bonds. The van der Waals surface area contributed by atoms with Crippen LogP contribution < -0.4 is 5.32 Å². The molecule has 8 atom stereocenters. The van der Waals surface area contributed by atoms with Gasteiger partial charge in [0.25, 0.3) is 0 Å². The van der Waals surface area contributed by atoms with Crippen molar-refractivity contribution in [3.63, 3.8) is 0 Å². The van der Waals surface area contributed by atoms with Crippen LogP contribution in [0.15, 0.2) is 0 Å². The Morgan fingerprint density at radius 3 is 2.42 bits per heavy atom. The number of hydrogen-bond acceptors (Lipinski definition) is 7. The Hall–Kier alpha value is -0.770. The number of aliphatic hydroxyl groups excluding tert-OH is 2. The number of unbranched alkanes of at least 4 members (excludes halogenated alkanes) is 1. The highest BCUT2D eigenvalue weighted by Gasteiger charge is 2.57. The first kappa shape index (κ1) is 32.2. The quantitative estimate of drug-likeness (QED) is 0.279. The number of hydroxylamine groups is 2. The first-order valence-corrected chi connectivity index (χ1v) is 16.4. The van der Waals surface area contributed by atoms with Crippen LogP contribution in [-0.4, -0.2) is 109 Å². The van der Waals surface area contributed by atoms with E-state index in [1.165, 1.54) is 45.1 Å². The van der Waals surface area contributed by atoms with Crippen molar-refractivity contribution in [1.82, 2.24) is 20.2 Å². The van der Waals surface area contributed by atoms with Gasteiger partial charge < -0.3 is 25.3 Å². The summed E-state index contributed by atoms with van der Waals surface area (Å²) in [6.07, 6.45) is 9.79. The summed E-state index contributed by atoms with van der Waals surface area (Å²) >= 11 is 0. The van der Waals surface area contributed by atoms with Crippen molar-refractivity contribution in [3.8, 4) is 0 Å². The Balaban J connectivity index is 1.33. The molecule has 4 saturated carbocycles. The van der Waals surface area contributed by atoms with E-state index in [2.05, 4.69) is 50.0 Å². The maximum absolute atomic E-state index is 13.8. The number of nitrogens with one attached hydrogen (secondary N) is 1. The lowest BCUT2D eigenvalue weighted by atomic mass is 9.45. The van der Waals surface area contributed by atoms with E-state index in [-0.39, 0.29) is 18.6 Å². The van der Waals surface area contributed by atoms with Crippen LogP contribution in [0.5, 0.6) is 0 Å². The number of hydrogen-bond donors (Lipinski definition) is 3. The van der Waals surface area contributed by atoms with Crippen LogP contribution in [0, 0.1) is 35.0 Å². The molecule has 232 valence electrons. The molecule has 2 bridgehead atoms. The topological polar surface area (TPSA) is 88.5 Å². The van der Waals surface area contributed by atoms with Crippen molar-refractivity contribution < 1.29 is 19.8 Å². The molecule has 0 aromatic heterocycles. The Bertz CT molecular complexity index is 802. The van der Waals surface area contributed by atoms with E-state index in [0.717, 1.165) is 44.8 Å². The third-order valence-corrected chi connectivity index (χ3v) is 11.3. The second-order valence-corrected chi connectivity index (χ2v) is 14.6. The number of nitrogens with zero attached hydrogens (tertiary/aromatic N) is 3. The van der Waals surface area contributed by atoms with Crippen LogP contribution in [0.4, 0.5) is 0 Å². The highest BCUT2D eigenvalue weighted by atomic mass is 16.7. The fourth-order valence-electron chi connectivity index (χ4n) is 8.51. The molecule has 5 rings (SSSR count). The van der Waals surface area contributed by atoms with Gasteiger partial charge in [-0.15, -0.1) is 0 Å². The molecule has 8 heteroatoms. The summed E-state index contributed by atoms with van der Waals surface area (Å²) in [5.74, 6) is 2.07. The van der Waals surface area contributed by atoms with Crippen molar-refractivity contribution in [2.45, 2.75) is 110 Å². The molecule has 40 heavy (non-hydrogen) atoms. The number of rotatable bonds is 14. The molecule has 1 heterocycles. The van der Waals surface area contributed by atoms with Gasteiger partial charge in [0.2, 0.25) is 5.91 Å². The maximum Gasteiger partial charge on any atom is 0.240 e. The standard InChI is InChI=1S/C32H60N4O4/c1-22-26-18-25(32(26,3)4)19-27(22)33-31(39)30-29(23(2)38)28(21-37)40-36(30)15-11-10-14-35(17-16-34(5)6)20-24-12-8-7-9-13-24/h22-30,37-38H,7-21H2,1-6H3,(H,33,39)/t22-,23-,25-,26+,27-,28-,29+,30-/m0/s1. The molecular formula is C32H60N4O4. The van der Waals surface area contributed by atoms with Gasteiger partial charge in [-0.1, -0.05) is 40.0 Å². The van der Waals surface area contributed by atoms with Gasteiger partial charge in [-0.2, -0.15) is 5.06 Å². The Kier molecular flexibility index (Phi) is 11.4. The lowest BCUT2D eigenvalue weighted by Crippen LogP contribution is -2.62. The average molecular weight is 565 g/mol. The zero-order valence-corrected chi connectivity index (χ0v) is 26.4. The molecule has 5 fully saturated rings. The third-order valence-electron chi connectivity index (χ3n) is 11.3. The molecule has 1 aliphatic heterocycles. The first-order chi connectivity index (χ1) is 19.0. The number of fused-ring (bicyclic) bond motifs is 2. The van der Waals surface area contributed by atoms with E-state index in [4.69, 9.17) is 4.84 Å². The van der Waals surface area contributed by atoms with Crippen molar-refractivity contribution >= 4 is 5.91 Å². The molecule has 0 aromatic carbocycles. The minimum absolute atomic E-state index is 0.0530. The van der Waals surface area contributed by atoms with Crippen molar-refractivity contribution in [2.24, 2.45) is 35.0 Å². The highest BCUT2D eigenvalue weighted by Crippen LogP contribution is 2.61. The predicted molar refractivity (Wildman–Crippen MR) is 160 cm³/mol. The molecule has 0 radical (unpaired) electrons. The van der Waals surface area contributed by atoms with Gasteiger partial charge >= 0.3 is 0 Å². The average Bonchev–Trinajstić information content (AvgIpc) is 3.30. The summed E-state index contributed by atoms with van der Waals surface area (Å²) < 4.78 is 0. The van der Waals surface area contributed by atoms with Gasteiger partial charge in [-0.3, -0.25) is 9.63 Å². The van der Waals surface area contributed by atoms with E-state index in [9.17, 15) is 15.0 Å². The second kappa shape index (κ2) is 14.1. The predicted octanol–water partition coefficient (Wildman–Crippen LogP) is 3.37. The number of carbonyl (C=O) groups excluding carboxylic acids is 1. The SMILES string of the molecule is C[C@@H]1[C@@H](NC(=O)[C@@H]2[C@H]([C@H](C)O)[C@H](CO)ON2CCCCN(CCN(C)C)CC2CCCCC2)C[C@@H]2C[C@H]1C2(C)C. The van der Waals surface area contributed by atoms with E-state index < -0.39 is 24.2 Å². The summed E-state index contributed by atoms with van der Waals surface area (Å²) in [5.41, 5.74) is 0.366. The van der Waals surface area contributed by atoms with Crippen LogP contribution in [-0.2, 0) is 9.63 Å². The van der Waals surface area contributed by atoms with Gasteiger partial charge in [-0.05, 0) is 95.2 Å². The summed E-state index contributed by atoms with van der Waals surface area (Å²) in [5, 5.41) is 25.9. The van der Waals surface area contributed by atoms with Crippen LogP contribution >= 0.6 is 0 Å². The van der Waals surface area contributed by atoms with Crippen LogP contribution in [0.25, 0.3) is 0 Å². The van der Waals surface area contributed by atoms with Crippen molar-refractivity contribution in [1.29, 1.82) is 0 Å². The minimum atomic E-state index is -0.744. The Morgan fingerprint density at radius 1 is 1.10 bits per heavy atom. The number of aliphatic hydroxyl groups is 2. The van der Waals surface area contributed by atoms with Gasteiger partial charge in [0.05, 0.1) is 12.7 Å². The summed E-state index contributed by atoms with van der Waals surface area (Å²) in [4.78, 5) is 24.8. The largest absolute Gasteiger partial charge is 0.394 e.